The normalized spacial score (nSPS) is 10.3. The minimum atomic E-state index is -0.464. The first kappa shape index (κ1) is 20.9. The summed E-state index contributed by atoms with van der Waals surface area (Å²) in [6, 6.07) is 11.4. The number of nitrogens with zero attached hydrogens (tertiary/aromatic N) is 1. The Morgan fingerprint density at radius 1 is 1.07 bits per heavy atom. The molecule has 0 aliphatic carbocycles. The number of carbonyl (C=O) groups excluding carboxylic acids is 2. The number of benzene rings is 2. The molecule has 3 rings (SSSR count). The molecule has 29 heavy (non-hydrogen) atoms. The van der Waals surface area contributed by atoms with E-state index in [0.717, 1.165) is 0 Å². The summed E-state index contributed by atoms with van der Waals surface area (Å²) in [7, 11) is 1.52. The maximum atomic E-state index is 12.2. The van der Waals surface area contributed by atoms with Crippen molar-refractivity contribution in [3.63, 3.8) is 0 Å². The van der Waals surface area contributed by atoms with Crippen LogP contribution in [0.5, 0.6) is 5.75 Å². The lowest BCUT2D eigenvalue weighted by atomic mass is 10.3. The number of urea groups is 1. The maximum Gasteiger partial charge on any atom is 0.325 e. The number of ether oxygens (including phenoxy) is 1. The van der Waals surface area contributed by atoms with Gasteiger partial charge in [0.15, 0.2) is 5.13 Å². The van der Waals surface area contributed by atoms with Crippen LogP contribution in [-0.2, 0) is 11.2 Å². The third kappa shape index (κ3) is 6.08. The molecule has 3 N–H and O–H groups in total. The van der Waals surface area contributed by atoms with Crippen molar-refractivity contribution < 1.29 is 14.3 Å². The van der Waals surface area contributed by atoms with E-state index in [2.05, 4.69) is 20.9 Å². The van der Waals surface area contributed by atoms with E-state index in [0.29, 0.717) is 38.0 Å². The van der Waals surface area contributed by atoms with Crippen LogP contribution in [-0.4, -0.2) is 24.0 Å². The summed E-state index contributed by atoms with van der Waals surface area (Å²) in [4.78, 5) is 28.6. The van der Waals surface area contributed by atoms with Gasteiger partial charge in [-0.25, -0.2) is 9.78 Å². The molecule has 0 aliphatic rings. The molecule has 0 atom stereocenters. The van der Waals surface area contributed by atoms with Crippen LogP contribution in [0.2, 0.25) is 10.0 Å². The highest BCUT2D eigenvalue weighted by Crippen LogP contribution is 2.24. The van der Waals surface area contributed by atoms with Crippen LogP contribution in [0.4, 0.5) is 21.3 Å². The second kappa shape index (κ2) is 9.60. The zero-order chi connectivity index (χ0) is 20.8. The minimum absolute atomic E-state index is 0.0381. The number of hydrogen-bond donors (Lipinski definition) is 3. The molecule has 0 radical (unpaired) electrons. The SMILES string of the molecule is COc1ccccc1NC(=O)Nc1nc(CC(=O)Nc2cc(Cl)cc(Cl)c2)cs1. The molecule has 2 aromatic carbocycles. The molecule has 0 saturated heterocycles. The third-order valence-electron chi connectivity index (χ3n) is 3.62. The summed E-state index contributed by atoms with van der Waals surface area (Å²) in [6.07, 6.45) is 0.0381. The van der Waals surface area contributed by atoms with Crippen molar-refractivity contribution in [2.45, 2.75) is 6.42 Å². The Kier molecular flexibility index (Phi) is 6.92. The van der Waals surface area contributed by atoms with Crippen molar-refractivity contribution in [2.24, 2.45) is 0 Å². The number of thiazole rings is 1. The van der Waals surface area contributed by atoms with Crippen molar-refractivity contribution in [3.05, 3.63) is 63.6 Å². The molecular weight excluding hydrogens is 435 g/mol. The number of amides is 3. The molecule has 0 unspecified atom stereocenters. The minimum Gasteiger partial charge on any atom is -0.495 e. The maximum absolute atomic E-state index is 12.2. The first-order chi connectivity index (χ1) is 13.9. The molecule has 0 spiro atoms. The number of nitrogens with one attached hydrogen (secondary N) is 3. The van der Waals surface area contributed by atoms with Gasteiger partial charge in [-0.05, 0) is 30.3 Å². The second-order valence-electron chi connectivity index (χ2n) is 5.81. The quantitative estimate of drug-likeness (QED) is 0.475. The lowest BCUT2D eigenvalue weighted by molar-refractivity contribution is -0.115. The summed E-state index contributed by atoms with van der Waals surface area (Å²) in [5, 5.41) is 11.0. The average Bonchev–Trinajstić information content (AvgIpc) is 3.07. The molecule has 3 amide bonds. The Bertz CT molecular complexity index is 1020. The molecule has 0 fully saturated rings. The molecule has 3 aromatic rings. The van der Waals surface area contributed by atoms with Crippen molar-refractivity contribution in [1.29, 1.82) is 0 Å². The van der Waals surface area contributed by atoms with Crippen LogP contribution in [0.3, 0.4) is 0 Å². The van der Waals surface area contributed by atoms with Gasteiger partial charge in [0.05, 0.1) is 24.9 Å². The zero-order valence-electron chi connectivity index (χ0n) is 15.2. The second-order valence-corrected chi connectivity index (χ2v) is 7.54. The van der Waals surface area contributed by atoms with E-state index < -0.39 is 6.03 Å². The molecule has 7 nitrogen and oxygen atoms in total. The molecule has 10 heteroatoms. The van der Waals surface area contributed by atoms with Gasteiger partial charge in [0.1, 0.15) is 5.75 Å². The lowest BCUT2D eigenvalue weighted by Crippen LogP contribution is -2.20. The van der Waals surface area contributed by atoms with Gasteiger partial charge in [-0.2, -0.15) is 0 Å². The molecule has 1 heterocycles. The Balaban J connectivity index is 1.56. The van der Waals surface area contributed by atoms with E-state index in [9.17, 15) is 9.59 Å². The number of para-hydroxylation sites is 2. The van der Waals surface area contributed by atoms with E-state index in [4.69, 9.17) is 27.9 Å². The van der Waals surface area contributed by atoms with Crippen LogP contribution >= 0.6 is 34.5 Å². The number of carbonyl (C=O) groups is 2. The molecule has 0 bridgehead atoms. The third-order valence-corrected chi connectivity index (χ3v) is 4.86. The largest absolute Gasteiger partial charge is 0.495 e. The van der Waals surface area contributed by atoms with Crippen molar-refractivity contribution in [1.82, 2.24) is 4.98 Å². The van der Waals surface area contributed by atoms with Crippen LogP contribution in [0.1, 0.15) is 5.69 Å². The summed E-state index contributed by atoms with van der Waals surface area (Å²) in [6.45, 7) is 0. The highest BCUT2D eigenvalue weighted by atomic mass is 35.5. The summed E-state index contributed by atoms with van der Waals surface area (Å²) < 4.78 is 5.19. The highest BCUT2D eigenvalue weighted by molar-refractivity contribution is 7.14. The van der Waals surface area contributed by atoms with Crippen molar-refractivity contribution in [2.75, 3.05) is 23.1 Å². The van der Waals surface area contributed by atoms with Crippen LogP contribution in [0.25, 0.3) is 0 Å². The van der Waals surface area contributed by atoms with Gasteiger partial charge in [-0.15, -0.1) is 11.3 Å². The predicted molar refractivity (Wildman–Crippen MR) is 117 cm³/mol. The monoisotopic (exact) mass is 450 g/mol. The predicted octanol–water partition coefficient (Wildman–Crippen LogP) is 5.28. The molecule has 150 valence electrons. The number of halogens is 2. The zero-order valence-corrected chi connectivity index (χ0v) is 17.5. The van der Waals surface area contributed by atoms with Gasteiger partial charge in [-0.1, -0.05) is 35.3 Å². The van der Waals surface area contributed by atoms with E-state index in [1.165, 1.54) is 18.4 Å². The number of hydrogen-bond acceptors (Lipinski definition) is 5. The standard InChI is InChI=1S/C19H16Cl2N4O3S/c1-28-16-5-3-2-4-15(16)24-18(27)25-19-23-14(10-29-19)9-17(26)22-13-7-11(20)6-12(21)8-13/h2-8,10H,9H2,1H3,(H,22,26)(H2,23,24,25,27). The fourth-order valence-corrected chi connectivity index (χ4v) is 3.67. The van der Waals surface area contributed by atoms with E-state index in [1.54, 1.807) is 47.8 Å². The topological polar surface area (TPSA) is 92.3 Å². The molecule has 0 aliphatic heterocycles. The summed E-state index contributed by atoms with van der Waals surface area (Å²) >= 11 is 13.1. The van der Waals surface area contributed by atoms with Gasteiger partial charge in [0, 0.05) is 21.1 Å². The Labute approximate surface area is 181 Å². The fourth-order valence-electron chi connectivity index (χ4n) is 2.44. The first-order valence-electron chi connectivity index (χ1n) is 8.34. The lowest BCUT2D eigenvalue weighted by Gasteiger charge is -2.09. The Morgan fingerprint density at radius 2 is 1.79 bits per heavy atom. The van der Waals surface area contributed by atoms with E-state index in [1.807, 2.05) is 0 Å². The van der Waals surface area contributed by atoms with Crippen LogP contribution in [0.15, 0.2) is 47.8 Å². The van der Waals surface area contributed by atoms with E-state index >= 15 is 0 Å². The van der Waals surface area contributed by atoms with Crippen LogP contribution < -0.4 is 20.7 Å². The van der Waals surface area contributed by atoms with Gasteiger partial charge in [0.25, 0.3) is 0 Å². The number of aromatic nitrogens is 1. The van der Waals surface area contributed by atoms with Crippen molar-refractivity contribution >= 4 is 63.0 Å². The van der Waals surface area contributed by atoms with Gasteiger partial charge in [0.2, 0.25) is 5.91 Å². The molecule has 1 aromatic heterocycles. The molecule has 0 saturated carbocycles. The highest BCUT2D eigenvalue weighted by Gasteiger charge is 2.12. The van der Waals surface area contributed by atoms with Gasteiger partial charge >= 0.3 is 6.03 Å². The van der Waals surface area contributed by atoms with Crippen LogP contribution in [0, 0.1) is 0 Å². The smallest absolute Gasteiger partial charge is 0.325 e. The number of anilines is 3. The number of rotatable bonds is 6. The Morgan fingerprint density at radius 3 is 2.52 bits per heavy atom. The Hall–Kier alpha value is -2.81. The van der Waals surface area contributed by atoms with Crippen molar-refractivity contribution in [3.8, 4) is 5.75 Å². The first-order valence-corrected chi connectivity index (χ1v) is 9.98. The summed E-state index contributed by atoms with van der Waals surface area (Å²) in [5.74, 6) is 0.263. The van der Waals surface area contributed by atoms with Gasteiger partial charge < -0.3 is 15.4 Å². The van der Waals surface area contributed by atoms with Gasteiger partial charge in [-0.3, -0.25) is 10.1 Å². The summed E-state index contributed by atoms with van der Waals surface area (Å²) in [5.41, 5.74) is 1.55. The average molecular weight is 451 g/mol. The fraction of sp³-hybridized carbons (Fsp3) is 0.105. The number of methoxy groups -OCH3 is 1. The van der Waals surface area contributed by atoms with E-state index in [-0.39, 0.29) is 12.3 Å². The molecular formula is C19H16Cl2N4O3S.